The van der Waals surface area contributed by atoms with Gasteiger partial charge in [-0.2, -0.15) is 0 Å². The third kappa shape index (κ3) is 4.97. The van der Waals surface area contributed by atoms with Crippen LogP contribution >= 0.6 is 39.3 Å². The quantitative estimate of drug-likeness (QED) is 0.515. The van der Waals surface area contributed by atoms with E-state index in [4.69, 9.17) is 21.1 Å². The molecule has 3 rings (SSSR count). The summed E-state index contributed by atoms with van der Waals surface area (Å²) in [4.78, 5) is 17.5. The second kappa shape index (κ2) is 9.24. The number of nitrogens with zero attached hydrogens (tertiary/aromatic N) is 1. The van der Waals surface area contributed by atoms with E-state index in [1.165, 1.54) is 11.8 Å². The van der Waals surface area contributed by atoms with E-state index in [1.807, 2.05) is 32.9 Å². The van der Waals surface area contributed by atoms with Crippen molar-refractivity contribution in [2.75, 3.05) is 13.7 Å². The molecular formula is C21H20BrClN2O3S. The molecule has 152 valence electrons. The third-order valence-electron chi connectivity index (χ3n) is 4.14. The van der Waals surface area contributed by atoms with Crippen LogP contribution < -0.4 is 14.8 Å². The van der Waals surface area contributed by atoms with Gasteiger partial charge in [0.2, 0.25) is 0 Å². The summed E-state index contributed by atoms with van der Waals surface area (Å²) in [6.45, 7) is 6.37. The van der Waals surface area contributed by atoms with E-state index in [0.29, 0.717) is 33.2 Å². The summed E-state index contributed by atoms with van der Waals surface area (Å²) < 4.78 is 12.0. The van der Waals surface area contributed by atoms with Gasteiger partial charge >= 0.3 is 0 Å². The molecule has 2 aromatic carbocycles. The van der Waals surface area contributed by atoms with Crippen LogP contribution in [-0.2, 0) is 4.79 Å². The second-order valence-electron chi connectivity index (χ2n) is 6.34. The first-order valence-electron chi connectivity index (χ1n) is 8.89. The maximum Gasteiger partial charge on any atom is 0.264 e. The molecule has 0 saturated carbocycles. The van der Waals surface area contributed by atoms with Gasteiger partial charge in [0.1, 0.15) is 0 Å². The first-order valence-corrected chi connectivity index (χ1v) is 10.9. The molecule has 0 spiro atoms. The highest BCUT2D eigenvalue weighted by atomic mass is 79.9. The van der Waals surface area contributed by atoms with E-state index in [1.54, 1.807) is 25.3 Å². The van der Waals surface area contributed by atoms with Crippen LogP contribution in [0.1, 0.15) is 23.6 Å². The Labute approximate surface area is 187 Å². The average Bonchev–Trinajstić information content (AvgIpc) is 3.00. The number of aryl methyl sites for hydroxylation is 2. The fourth-order valence-electron chi connectivity index (χ4n) is 2.84. The molecule has 0 bridgehead atoms. The van der Waals surface area contributed by atoms with Crippen molar-refractivity contribution in [2.45, 2.75) is 20.8 Å². The summed E-state index contributed by atoms with van der Waals surface area (Å²) in [7, 11) is 1.55. The Bertz CT molecular complexity index is 1010. The molecule has 2 aromatic rings. The van der Waals surface area contributed by atoms with Gasteiger partial charge in [-0.15, -0.1) is 0 Å². The third-order valence-corrected chi connectivity index (χ3v) is 6.58. The summed E-state index contributed by atoms with van der Waals surface area (Å²) in [5.41, 5.74) is 3.71. The fourth-order valence-corrected chi connectivity index (χ4v) is 4.19. The van der Waals surface area contributed by atoms with Gasteiger partial charge in [-0.25, -0.2) is 4.99 Å². The number of carbonyl (C=O) groups is 1. The topological polar surface area (TPSA) is 59.9 Å². The number of amidine groups is 1. The van der Waals surface area contributed by atoms with Gasteiger partial charge in [0.15, 0.2) is 16.7 Å². The summed E-state index contributed by atoms with van der Waals surface area (Å²) in [5.74, 6) is 0.804. The largest absolute Gasteiger partial charge is 0.493 e. The van der Waals surface area contributed by atoms with Gasteiger partial charge in [-0.3, -0.25) is 4.79 Å². The number of amides is 1. The lowest BCUT2D eigenvalue weighted by atomic mass is 10.1. The zero-order valence-corrected chi connectivity index (χ0v) is 19.6. The van der Waals surface area contributed by atoms with E-state index in [0.717, 1.165) is 26.9 Å². The number of hydrogen-bond acceptors (Lipinski definition) is 5. The summed E-state index contributed by atoms with van der Waals surface area (Å²) in [6, 6.07) is 7.46. The Morgan fingerprint density at radius 1 is 1.24 bits per heavy atom. The van der Waals surface area contributed by atoms with E-state index >= 15 is 0 Å². The average molecular weight is 496 g/mol. The zero-order valence-electron chi connectivity index (χ0n) is 16.4. The van der Waals surface area contributed by atoms with Crippen molar-refractivity contribution >= 4 is 62.1 Å². The summed E-state index contributed by atoms with van der Waals surface area (Å²) in [5, 5.41) is 3.77. The normalized spacial score (nSPS) is 16.4. The number of ether oxygens (including phenoxy) is 2. The SMILES string of the molecule is CCOc1c(Cl)cc(/C=C2\SC(=Nc3cc(C)c(Br)c(C)c3)NC2=O)cc1OC. The number of methoxy groups -OCH3 is 1. The zero-order chi connectivity index (χ0) is 21.1. The molecule has 0 unspecified atom stereocenters. The molecule has 0 aromatic heterocycles. The lowest BCUT2D eigenvalue weighted by Crippen LogP contribution is -2.19. The maximum atomic E-state index is 12.4. The number of nitrogens with one attached hydrogen (secondary N) is 1. The molecule has 0 atom stereocenters. The number of carbonyl (C=O) groups excluding carboxylic acids is 1. The molecule has 1 amide bonds. The first-order chi connectivity index (χ1) is 13.8. The Kier molecular flexibility index (Phi) is 6.93. The number of thioether (sulfide) groups is 1. The minimum Gasteiger partial charge on any atom is -0.493 e. The molecule has 0 aliphatic carbocycles. The van der Waals surface area contributed by atoms with Crippen LogP contribution in [0, 0.1) is 13.8 Å². The van der Waals surface area contributed by atoms with Gasteiger partial charge in [-0.05, 0) is 79.6 Å². The standard InChI is InChI=1S/C21H20BrClN2O3S/c1-5-28-19-15(23)8-13(9-16(19)27-4)10-17-20(26)25-21(29-17)24-14-6-11(2)18(22)12(3)7-14/h6-10H,5H2,1-4H3,(H,24,25,26)/b17-10-. The van der Waals surface area contributed by atoms with Gasteiger partial charge in [0.05, 0.1) is 29.3 Å². The molecule has 0 radical (unpaired) electrons. The van der Waals surface area contributed by atoms with Crippen LogP contribution in [0.25, 0.3) is 6.08 Å². The lowest BCUT2D eigenvalue weighted by molar-refractivity contribution is -0.115. The van der Waals surface area contributed by atoms with Gasteiger partial charge in [0, 0.05) is 4.47 Å². The number of halogens is 2. The van der Waals surface area contributed by atoms with E-state index in [2.05, 4.69) is 26.2 Å². The van der Waals surface area contributed by atoms with Gasteiger partial charge in [-0.1, -0.05) is 27.5 Å². The highest BCUT2D eigenvalue weighted by Crippen LogP contribution is 2.38. The Hall–Kier alpha value is -1.96. The molecule has 1 heterocycles. The van der Waals surface area contributed by atoms with E-state index in [9.17, 15) is 4.79 Å². The van der Waals surface area contributed by atoms with Crippen LogP contribution in [-0.4, -0.2) is 24.8 Å². The Morgan fingerprint density at radius 2 is 1.93 bits per heavy atom. The van der Waals surface area contributed by atoms with Crippen molar-refractivity contribution in [3.63, 3.8) is 0 Å². The van der Waals surface area contributed by atoms with Crippen LogP contribution in [0.5, 0.6) is 11.5 Å². The van der Waals surface area contributed by atoms with Crippen LogP contribution in [0.15, 0.2) is 38.6 Å². The molecule has 1 saturated heterocycles. The van der Waals surface area contributed by atoms with Crippen molar-refractivity contribution in [3.8, 4) is 11.5 Å². The number of aliphatic imine (C=N–C) groups is 1. The van der Waals surface area contributed by atoms with Crippen LogP contribution in [0.4, 0.5) is 5.69 Å². The molecular weight excluding hydrogens is 476 g/mol. The Balaban J connectivity index is 1.89. The van der Waals surface area contributed by atoms with E-state index < -0.39 is 0 Å². The van der Waals surface area contributed by atoms with Crippen molar-refractivity contribution in [1.29, 1.82) is 0 Å². The van der Waals surface area contributed by atoms with E-state index in [-0.39, 0.29) is 5.91 Å². The first kappa shape index (κ1) is 21.7. The monoisotopic (exact) mass is 494 g/mol. The van der Waals surface area contributed by atoms with Crippen molar-refractivity contribution in [3.05, 3.63) is 55.4 Å². The molecule has 5 nitrogen and oxygen atoms in total. The predicted octanol–water partition coefficient (Wildman–Crippen LogP) is 6.02. The van der Waals surface area contributed by atoms with Crippen molar-refractivity contribution in [2.24, 2.45) is 4.99 Å². The van der Waals surface area contributed by atoms with Gasteiger partial charge < -0.3 is 14.8 Å². The highest BCUT2D eigenvalue weighted by Gasteiger charge is 2.24. The molecule has 1 aliphatic heterocycles. The molecule has 1 fully saturated rings. The molecule has 8 heteroatoms. The minimum atomic E-state index is -0.205. The van der Waals surface area contributed by atoms with Crippen LogP contribution in [0.2, 0.25) is 5.02 Å². The number of rotatable bonds is 5. The predicted molar refractivity (Wildman–Crippen MR) is 124 cm³/mol. The lowest BCUT2D eigenvalue weighted by Gasteiger charge is -2.12. The second-order valence-corrected chi connectivity index (χ2v) is 8.57. The molecule has 1 N–H and O–H groups in total. The van der Waals surface area contributed by atoms with Crippen molar-refractivity contribution in [1.82, 2.24) is 5.32 Å². The summed E-state index contributed by atoms with van der Waals surface area (Å²) in [6.07, 6.45) is 1.75. The van der Waals surface area contributed by atoms with Gasteiger partial charge in [0.25, 0.3) is 5.91 Å². The minimum absolute atomic E-state index is 0.205. The number of hydrogen-bond donors (Lipinski definition) is 1. The Morgan fingerprint density at radius 3 is 2.55 bits per heavy atom. The number of benzene rings is 2. The molecule has 1 aliphatic rings. The molecule has 29 heavy (non-hydrogen) atoms. The fraction of sp³-hybridized carbons (Fsp3) is 0.238. The van der Waals surface area contributed by atoms with Crippen molar-refractivity contribution < 1.29 is 14.3 Å². The smallest absolute Gasteiger partial charge is 0.264 e. The summed E-state index contributed by atoms with van der Waals surface area (Å²) >= 11 is 11.2. The van der Waals surface area contributed by atoms with Crippen LogP contribution in [0.3, 0.4) is 0 Å². The maximum absolute atomic E-state index is 12.4. The highest BCUT2D eigenvalue weighted by molar-refractivity contribution is 9.10.